The van der Waals surface area contributed by atoms with Crippen LogP contribution in [0.2, 0.25) is 0 Å². The molecule has 4 nitrogen and oxygen atoms in total. The molecule has 0 rings (SSSR count). The van der Waals surface area contributed by atoms with Gasteiger partial charge in [-0.3, -0.25) is 0 Å². The maximum Gasteiger partial charge on any atom is 2.00 e. The van der Waals surface area contributed by atoms with E-state index in [1.165, 1.54) is 0 Å². The molecule has 0 fully saturated rings. The summed E-state index contributed by atoms with van der Waals surface area (Å²) in [6.45, 7) is 0. The van der Waals surface area contributed by atoms with E-state index in [9.17, 15) is 0 Å². The van der Waals surface area contributed by atoms with Crippen LogP contribution in [0.1, 0.15) is 2.85 Å². The molecule has 41 valence electrons. The summed E-state index contributed by atoms with van der Waals surface area (Å²) < 4.78 is 0. The molecule has 0 aliphatic carbocycles. The van der Waals surface area contributed by atoms with Gasteiger partial charge in [-0.05, 0) is 0 Å². The van der Waals surface area contributed by atoms with E-state index in [2.05, 4.69) is 0 Å². The van der Waals surface area contributed by atoms with Crippen molar-refractivity contribution in [3.05, 3.63) is 0 Å². The Hall–Kier alpha value is 1.14. The first-order valence-electron chi connectivity index (χ1n) is 0. The molecule has 6 heavy (non-hydrogen) atoms. The second-order valence-corrected chi connectivity index (χ2v) is 0. The summed E-state index contributed by atoms with van der Waals surface area (Å²) >= 11 is 0. The minimum atomic E-state index is 0. The molecule has 0 saturated carbocycles. The van der Waals surface area contributed by atoms with Crippen molar-refractivity contribution in [3.8, 4) is 0 Å². The van der Waals surface area contributed by atoms with Gasteiger partial charge in [0.15, 0.2) is 0 Å². The molecule has 1 radical (unpaired) electrons. The van der Waals surface area contributed by atoms with Crippen LogP contribution >= 0.6 is 0 Å². The summed E-state index contributed by atoms with van der Waals surface area (Å²) in [6, 6.07) is 0. The van der Waals surface area contributed by atoms with Crippen LogP contribution < -0.4 is 0 Å². The maximum absolute atomic E-state index is 0. The van der Waals surface area contributed by atoms with Crippen LogP contribution in [-0.2, 0) is 0 Å². The molecule has 0 aromatic rings. The first-order valence-corrected chi connectivity index (χ1v) is 0. The van der Waals surface area contributed by atoms with E-state index in [1.807, 2.05) is 0 Å². The van der Waals surface area contributed by atoms with Crippen molar-refractivity contribution in [1.82, 2.24) is 0 Å². The van der Waals surface area contributed by atoms with Crippen molar-refractivity contribution >= 4 is 40.4 Å². The Morgan fingerprint density at radius 3 is 0.667 bits per heavy atom. The van der Waals surface area contributed by atoms with Gasteiger partial charge in [-0.15, -0.1) is 0 Å². The fourth-order valence-electron chi connectivity index (χ4n) is 0. The van der Waals surface area contributed by atoms with E-state index in [-0.39, 0.29) is 65.2 Å². The molecule has 0 bridgehead atoms. The standard InChI is InChI=1S/Al.Mg.4H2O.4H/h;;4*1H2;;;;/q;+2;;;;;;;2*-1. The molecule has 0 aliphatic rings. The Balaban J connectivity index is 0. The molecule has 0 unspecified atom stereocenters. The summed E-state index contributed by atoms with van der Waals surface area (Å²) in [5, 5.41) is 0. The zero-order valence-electron chi connectivity index (χ0n) is 5.71. The zero-order valence-corrected chi connectivity index (χ0v) is 7.12. The van der Waals surface area contributed by atoms with Crippen molar-refractivity contribution in [1.29, 1.82) is 0 Å². The first kappa shape index (κ1) is 207. The van der Waals surface area contributed by atoms with Crippen molar-refractivity contribution in [2.45, 2.75) is 0 Å². The molecule has 0 aromatic carbocycles. The van der Waals surface area contributed by atoms with Crippen LogP contribution in [0.4, 0.5) is 0 Å². The predicted molar refractivity (Wildman–Crippen MR) is 31.0 cm³/mol. The summed E-state index contributed by atoms with van der Waals surface area (Å²) in [5.74, 6) is 0. The third-order valence-corrected chi connectivity index (χ3v) is 0. The largest absolute Gasteiger partial charge is 2.00 e. The topological polar surface area (TPSA) is 126 Å². The van der Waals surface area contributed by atoms with Gasteiger partial charge < -0.3 is 24.8 Å². The monoisotopic (exact) mass is 127 g/mol. The molecular weight excluding hydrogens is 115 g/mol. The fraction of sp³-hybridized carbons (Fsp3) is 0. The van der Waals surface area contributed by atoms with Crippen LogP contribution in [-0.4, -0.2) is 62.3 Å². The van der Waals surface area contributed by atoms with Gasteiger partial charge in [-0.2, -0.15) is 0 Å². The van der Waals surface area contributed by atoms with Crippen LogP contribution in [0.25, 0.3) is 0 Å². The van der Waals surface area contributed by atoms with Gasteiger partial charge in [0.1, 0.15) is 17.4 Å². The van der Waals surface area contributed by atoms with Gasteiger partial charge in [-0.25, -0.2) is 0 Å². The maximum atomic E-state index is 0. The molecule has 8 N–H and O–H groups in total. The zero-order chi connectivity index (χ0) is 0. The smallest absolute Gasteiger partial charge is 1.00 e. The summed E-state index contributed by atoms with van der Waals surface area (Å²) in [7, 11) is 0. The van der Waals surface area contributed by atoms with E-state index in [0.717, 1.165) is 0 Å². The second kappa shape index (κ2) is 125. The molecule has 6 heteroatoms. The molecular formula is H12AlMgO4. The van der Waals surface area contributed by atoms with Crippen molar-refractivity contribution in [2.24, 2.45) is 0 Å². The van der Waals surface area contributed by atoms with Gasteiger partial charge >= 0.3 is 23.1 Å². The third kappa shape index (κ3) is 67.9. The van der Waals surface area contributed by atoms with Gasteiger partial charge in [0.25, 0.3) is 0 Å². The minimum Gasteiger partial charge on any atom is -1.00 e. The Bertz CT molecular complexity index is 14.0. The van der Waals surface area contributed by atoms with Crippen molar-refractivity contribution in [2.75, 3.05) is 0 Å². The van der Waals surface area contributed by atoms with E-state index >= 15 is 0 Å². The van der Waals surface area contributed by atoms with Gasteiger partial charge in [0.05, 0.1) is 0 Å². The molecule has 0 spiro atoms. The summed E-state index contributed by atoms with van der Waals surface area (Å²) in [6.07, 6.45) is 0. The first-order chi connectivity index (χ1) is 0. The van der Waals surface area contributed by atoms with E-state index in [0.29, 0.717) is 0 Å². The number of hydrogen-bond donors (Lipinski definition) is 0. The minimum absolute atomic E-state index is 0. The molecule has 0 saturated heterocycles. The Morgan fingerprint density at radius 1 is 0.667 bits per heavy atom. The van der Waals surface area contributed by atoms with Gasteiger partial charge in [0.2, 0.25) is 0 Å². The second-order valence-electron chi connectivity index (χ2n) is 0. The molecule has 0 aliphatic heterocycles. The Kier molecular flexibility index (Phi) is 4320. The molecule has 0 heterocycles. The quantitative estimate of drug-likeness (QED) is 0.292. The average Bonchev–Trinajstić information content (AvgIpc) is 0. The Labute approximate surface area is 65.4 Å². The van der Waals surface area contributed by atoms with Crippen molar-refractivity contribution < 1.29 is 24.8 Å². The molecule has 0 atom stereocenters. The fourth-order valence-corrected chi connectivity index (χ4v) is 0. The van der Waals surface area contributed by atoms with Gasteiger partial charge in [0, 0.05) is 0 Å². The normalized spacial score (nSPS) is 0. The van der Waals surface area contributed by atoms with Crippen LogP contribution in [0.15, 0.2) is 0 Å². The number of hydrogen-bond acceptors (Lipinski definition) is 0. The summed E-state index contributed by atoms with van der Waals surface area (Å²) in [4.78, 5) is 0. The van der Waals surface area contributed by atoms with Crippen LogP contribution in [0.3, 0.4) is 0 Å². The van der Waals surface area contributed by atoms with E-state index in [4.69, 9.17) is 0 Å². The summed E-state index contributed by atoms with van der Waals surface area (Å²) in [5.41, 5.74) is 0. The van der Waals surface area contributed by atoms with E-state index in [1.54, 1.807) is 0 Å². The average molecular weight is 127 g/mol. The number of rotatable bonds is 0. The predicted octanol–water partition coefficient (Wildman–Crippen LogP) is -4.37. The third-order valence-electron chi connectivity index (χ3n) is 0. The van der Waals surface area contributed by atoms with Crippen LogP contribution in [0, 0.1) is 0 Å². The molecule has 0 aromatic heterocycles. The Morgan fingerprint density at radius 2 is 0.667 bits per heavy atom. The SMILES string of the molecule is O.O.O.O.[AlH2].[H-].[H-].[Mg+2]. The van der Waals surface area contributed by atoms with Crippen molar-refractivity contribution in [3.63, 3.8) is 0 Å². The van der Waals surface area contributed by atoms with E-state index < -0.39 is 0 Å². The molecule has 0 amide bonds. The van der Waals surface area contributed by atoms with Crippen LogP contribution in [0.5, 0.6) is 0 Å². The van der Waals surface area contributed by atoms with Gasteiger partial charge in [-0.1, -0.05) is 0 Å².